The number of benzene rings is 1. The smallest absolute Gasteiger partial charge is 0.0738 e. The molecule has 0 fully saturated rings. The molecule has 0 radical (unpaired) electrons. The summed E-state index contributed by atoms with van der Waals surface area (Å²) >= 11 is 0. The first-order valence-corrected chi connectivity index (χ1v) is 7.58. The minimum absolute atomic E-state index is 0.781. The van der Waals surface area contributed by atoms with Crippen molar-refractivity contribution in [2.24, 2.45) is 7.05 Å². The second kappa shape index (κ2) is 7.90. The molecular formula is C16H25N5. The van der Waals surface area contributed by atoms with Crippen LogP contribution in [0.25, 0.3) is 0 Å². The molecule has 0 aliphatic rings. The van der Waals surface area contributed by atoms with E-state index in [9.17, 15) is 0 Å². The van der Waals surface area contributed by atoms with Gasteiger partial charge in [-0.15, -0.1) is 5.10 Å². The Balaban J connectivity index is 1.95. The van der Waals surface area contributed by atoms with Gasteiger partial charge < -0.3 is 5.32 Å². The largest absolute Gasteiger partial charge is 0.307 e. The van der Waals surface area contributed by atoms with Gasteiger partial charge in [0.1, 0.15) is 0 Å². The summed E-state index contributed by atoms with van der Waals surface area (Å²) in [7, 11) is 1.92. The molecule has 0 bridgehead atoms. The lowest BCUT2D eigenvalue weighted by Crippen LogP contribution is -2.24. The van der Waals surface area contributed by atoms with Crippen LogP contribution < -0.4 is 5.32 Å². The van der Waals surface area contributed by atoms with Crippen molar-refractivity contribution < 1.29 is 0 Å². The summed E-state index contributed by atoms with van der Waals surface area (Å²) in [6.45, 7) is 9.24. The zero-order chi connectivity index (χ0) is 15.1. The zero-order valence-electron chi connectivity index (χ0n) is 13.2. The van der Waals surface area contributed by atoms with Gasteiger partial charge in [0.2, 0.25) is 0 Å². The van der Waals surface area contributed by atoms with Crippen LogP contribution in [0.2, 0.25) is 0 Å². The third-order valence-corrected chi connectivity index (χ3v) is 3.84. The van der Waals surface area contributed by atoms with Gasteiger partial charge in [0.05, 0.1) is 11.9 Å². The summed E-state index contributed by atoms with van der Waals surface area (Å²) in [4.78, 5) is 2.43. The molecule has 1 heterocycles. The highest BCUT2D eigenvalue weighted by molar-refractivity contribution is 5.27. The number of aromatic nitrogens is 3. The summed E-state index contributed by atoms with van der Waals surface area (Å²) in [6.07, 6.45) is 1.80. The van der Waals surface area contributed by atoms with Crippen LogP contribution in [-0.2, 0) is 26.7 Å². The van der Waals surface area contributed by atoms with Crippen molar-refractivity contribution >= 4 is 0 Å². The Kier molecular flexibility index (Phi) is 5.90. The molecule has 5 nitrogen and oxygen atoms in total. The van der Waals surface area contributed by atoms with Crippen molar-refractivity contribution in [2.75, 3.05) is 13.1 Å². The molecule has 0 saturated heterocycles. The Morgan fingerprint density at radius 1 is 1.10 bits per heavy atom. The fourth-order valence-electron chi connectivity index (χ4n) is 2.37. The lowest BCUT2D eigenvalue weighted by molar-refractivity contribution is 0.294. The second-order valence-corrected chi connectivity index (χ2v) is 5.18. The molecule has 1 aromatic carbocycles. The van der Waals surface area contributed by atoms with E-state index in [4.69, 9.17) is 0 Å². The van der Waals surface area contributed by atoms with E-state index < -0.39 is 0 Å². The highest BCUT2D eigenvalue weighted by atomic mass is 15.4. The summed E-state index contributed by atoms with van der Waals surface area (Å²) in [5.41, 5.74) is 3.85. The quantitative estimate of drug-likeness (QED) is 0.806. The fourth-order valence-corrected chi connectivity index (χ4v) is 2.37. The normalized spacial score (nSPS) is 11.2. The Hall–Kier alpha value is -1.72. The number of nitrogens with one attached hydrogen (secondary N) is 1. The summed E-state index contributed by atoms with van der Waals surface area (Å²) in [5.74, 6) is 0. The van der Waals surface area contributed by atoms with Crippen molar-refractivity contribution in [3.8, 4) is 0 Å². The van der Waals surface area contributed by atoms with Crippen LogP contribution in [0.3, 0.4) is 0 Å². The first-order valence-electron chi connectivity index (χ1n) is 7.58. The van der Waals surface area contributed by atoms with Gasteiger partial charge >= 0.3 is 0 Å². The van der Waals surface area contributed by atoms with Crippen LogP contribution in [-0.4, -0.2) is 33.0 Å². The van der Waals surface area contributed by atoms with E-state index in [0.717, 1.165) is 38.4 Å². The molecule has 2 rings (SSSR count). The van der Waals surface area contributed by atoms with E-state index in [1.54, 1.807) is 10.9 Å². The highest BCUT2D eigenvalue weighted by Crippen LogP contribution is 2.12. The molecule has 0 aliphatic carbocycles. The highest BCUT2D eigenvalue weighted by Gasteiger charge is 2.06. The topological polar surface area (TPSA) is 46.0 Å². The molecule has 5 heteroatoms. The molecule has 1 aromatic heterocycles. The average Bonchev–Trinajstić information content (AvgIpc) is 2.91. The minimum Gasteiger partial charge on any atom is -0.307 e. The van der Waals surface area contributed by atoms with Crippen LogP contribution >= 0.6 is 0 Å². The van der Waals surface area contributed by atoms with E-state index >= 15 is 0 Å². The van der Waals surface area contributed by atoms with Crippen molar-refractivity contribution in [3.63, 3.8) is 0 Å². The Morgan fingerprint density at radius 3 is 2.43 bits per heavy atom. The van der Waals surface area contributed by atoms with E-state index in [0.29, 0.717) is 0 Å². The first-order chi connectivity index (χ1) is 10.2. The number of rotatable bonds is 8. The summed E-state index contributed by atoms with van der Waals surface area (Å²) in [5, 5.41) is 11.3. The van der Waals surface area contributed by atoms with E-state index in [2.05, 4.69) is 58.6 Å². The number of hydrogen-bond donors (Lipinski definition) is 1. The van der Waals surface area contributed by atoms with Crippen LogP contribution in [0.5, 0.6) is 0 Å². The van der Waals surface area contributed by atoms with Gasteiger partial charge in [0.25, 0.3) is 0 Å². The maximum Gasteiger partial charge on any atom is 0.0738 e. The Labute approximate surface area is 127 Å². The van der Waals surface area contributed by atoms with Gasteiger partial charge in [-0.3, -0.25) is 9.58 Å². The second-order valence-electron chi connectivity index (χ2n) is 5.18. The standard InChI is InChI=1S/C16H25N5/c1-4-21(5-2)13-15-9-7-6-8-14(15)10-17-11-16-12-18-19-20(16)3/h6-9,12,17H,4-5,10-11,13H2,1-3H3. The van der Waals surface area contributed by atoms with E-state index in [-0.39, 0.29) is 0 Å². The van der Waals surface area contributed by atoms with Crippen LogP contribution in [0.1, 0.15) is 30.7 Å². The lowest BCUT2D eigenvalue weighted by atomic mass is 10.1. The Morgan fingerprint density at radius 2 is 1.81 bits per heavy atom. The monoisotopic (exact) mass is 287 g/mol. The molecule has 114 valence electrons. The van der Waals surface area contributed by atoms with Gasteiger partial charge in [0, 0.05) is 26.7 Å². The maximum atomic E-state index is 3.94. The van der Waals surface area contributed by atoms with Gasteiger partial charge in [-0.2, -0.15) is 0 Å². The molecule has 1 N–H and O–H groups in total. The van der Waals surface area contributed by atoms with Crippen molar-refractivity contribution in [1.82, 2.24) is 25.2 Å². The third kappa shape index (κ3) is 4.37. The molecule has 2 aromatic rings. The summed E-state index contributed by atoms with van der Waals surface area (Å²) in [6, 6.07) is 8.65. The Bertz CT molecular complexity index is 545. The lowest BCUT2D eigenvalue weighted by Gasteiger charge is -2.20. The molecule has 0 amide bonds. The average molecular weight is 287 g/mol. The molecule has 21 heavy (non-hydrogen) atoms. The minimum atomic E-state index is 0.781. The van der Waals surface area contributed by atoms with Crippen LogP contribution in [0.15, 0.2) is 30.5 Å². The SMILES string of the molecule is CCN(CC)Cc1ccccc1CNCc1cnnn1C. The molecule has 0 saturated carbocycles. The zero-order valence-corrected chi connectivity index (χ0v) is 13.2. The van der Waals surface area contributed by atoms with Gasteiger partial charge in [0.15, 0.2) is 0 Å². The number of hydrogen-bond acceptors (Lipinski definition) is 4. The van der Waals surface area contributed by atoms with E-state index in [1.807, 2.05) is 7.05 Å². The number of nitrogens with zero attached hydrogens (tertiary/aromatic N) is 4. The van der Waals surface area contributed by atoms with Crippen molar-refractivity contribution in [1.29, 1.82) is 0 Å². The predicted octanol–water partition coefficient (Wildman–Crippen LogP) is 1.95. The maximum absolute atomic E-state index is 3.94. The third-order valence-electron chi connectivity index (χ3n) is 3.84. The first kappa shape index (κ1) is 15.7. The van der Waals surface area contributed by atoms with Crippen LogP contribution in [0.4, 0.5) is 0 Å². The molecule has 0 atom stereocenters. The summed E-state index contributed by atoms with van der Waals surface area (Å²) < 4.78 is 1.80. The predicted molar refractivity (Wildman–Crippen MR) is 84.6 cm³/mol. The van der Waals surface area contributed by atoms with Crippen molar-refractivity contribution in [3.05, 3.63) is 47.3 Å². The molecule has 0 aliphatic heterocycles. The van der Waals surface area contributed by atoms with Gasteiger partial charge in [-0.05, 0) is 24.2 Å². The fraction of sp³-hybridized carbons (Fsp3) is 0.500. The number of aryl methyl sites for hydroxylation is 1. The van der Waals surface area contributed by atoms with Crippen LogP contribution in [0, 0.1) is 0 Å². The van der Waals surface area contributed by atoms with Crippen molar-refractivity contribution in [2.45, 2.75) is 33.5 Å². The van der Waals surface area contributed by atoms with E-state index in [1.165, 1.54) is 11.1 Å². The molecule has 0 spiro atoms. The molecular weight excluding hydrogens is 262 g/mol. The van der Waals surface area contributed by atoms with Gasteiger partial charge in [-0.25, -0.2) is 0 Å². The van der Waals surface area contributed by atoms with Gasteiger partial charge in [-0.1, -0.05) is 43.3 Å². The molecule has 0 unspecified atom stereocenters.